The Balaban J connectivity index is 1.60. The van der Waals surface area contributed by atoms with E-state index in [-0.39, 0.29) is 5.78 Å². The number of nitrogens with zero attached hydrogens (tertiary/aromatic N) is 3. The molecule has 0 spiro atoms. The Kier molecular flexibility index (Phi) is 6.10. The van der Waals surface area contributed by atoms with Crippen molar-refractivity contribution in [3.63, 3.8) is 0 Å². The van der Waals surface area contributed by atoms with Gasteiger partial charge in [0, 0.05) is 52.3 Å². The van der Waals surface area contributed by atoms with Crippen molar-refractivity contribution < 1.29 is 4.79 Å². The summed E-state index contributed by atoms with van der Waals surface area (Å²) in [5.41, 5.74) is 9.75. The van der Waals surface area contributed by atoms with Crippen LogP contribution in [0.15, 0.2) is 30.3 Å². The minimum atomic E-state index is -1.49. The van der Waals surface area contributed by atoms with Gasteiger partial charge in [-0.25, -0.2) is 0 Å². The van der Waals surface area contributed by atoms with E-state index in [1.807, 2.05) is 18.2 Å². The number of carbonyl (C=O) groups is 1. The number of ketones is 1. The zero-order valence-corrected chi connectivity index (χ0v) is 24.0. The van der Waals surface area contributed by atoms with Crippen LogP contribution in [0.2, 0.25) is 19.6 Å². The zero-order valence-electron chi connectivity index (χ0n) is 23.0. The molecule has 2 heterocycles. The van der Waals surface area contributed by atoms with Crippen LogP contribution in [0.25, 0.3) is 10.9 Å². The highest BCUT2D eigenvalue weighted by atomic mass is 28.3. The Morgan fingerprint density at radius 3 is 2.43 bits per heavy atom. The third-order valence-electron chi connectivity index (χ3n) is 7.94. The van der Waals surface area contributed by atoms with Crippen molar-refractivity contribution in [3.8, 4) is 17.5 Å². The maximum atomic E-state index is 13.9. The van der Waals surface area contributed by atoms with Crippen LogP contribution >= 0.6 is 0 Å². The summed E-state index contributed by atoms with van der Waals surface area (Å²) in [7, 11) is 2.77. The van der Waals surface area contributed by atoms with Gasteiger partial charge < -0.3 is 14.8 Å². The van der Waals surface area contributed by atoms with E-state index in [0.717, 1.165) is 64.9 Å². The number of benzene rings is 2. The Hall–Kier alpha value is -3.32. The first-order valence-electron chi connectivity index (χ1n) is 13.1. The summed E-state index contributed by atoms with van der Waals surface area (Å²) in [6.07, 6.45) is 2.12. The molecule has 3 aromatic rings. The number of aromatic nitrogens is 1. The number of carbonyl (C=O) groups excluding carboxylic acids is 1. The van der Waals surface area contributed by atoms with Crippen LogP contribution in [-0.2, 0) is 5.41 Å². The fourth-order valence-corrected chi connectivity index (χ4v) is 6.30. The van der Waals surface area contributed by atoms with Crippen LogP contribution in [0.4, 0.5) is 5.69 Å². The van der Waals surface area contributed by atoms with Crippen LogP contribution in [-0.4, -0.2) is 57.0 Å². The van der Waals surface area contributed by atoms with Gasteiger partial charge in [0.2, 0.25) is 0 Å². The quantitative estimate of drug-likeness (QED) is 0.358. The maximum Gasteiger partial charge on any atom is 0.195 e. The molecule has 1 aliphatic carbocycles. The van der Waals surface area contributed by atoms with Crippen molar-refractivity contribution in [2.75, 3.05) is 32.1 Å². The summed E-state index contributed by atoms with van der Waals surface area (Å²) in [6.45, 7) is 12.9. The SMILES string of the molecule is CN(C)C1CCN(c2cc3c(cc2C#N)C(=O)c2c([nH]c4cc(C#C[Si](C)(C)C)ccc24)C3(C)C)CC1. The van der Waals surface area contributed by atoms with Crippen LogP contribution in [0.1, 0.15) is 65.0 Å². The van der Waals surface area contributed by atoms with Gasteiger partial charge in [0.25, 0.3) is 0 Å². The lowest BCUT2D eigenvalue weighted by Crippen LogP contribution is -2.42. The number of fused-ring (bicyclic) bond motifs is 4. The van der Waals surface area contributed by atoms with Gasteiger partial charge in [-0.05, 0) is 56.8 Å². The molecule has 0 radical (unpaired) electrons. The molecule has 37 heavy (non-hydrogen) atoms. The molecule has 1 aliphatic heterocycles. The lowest BCUT2D eigenvalue weighted by Gasteiger charge is -2.38. The molecular formula is C31H36N4OSi. The highest BCUT2D eigenvalue weighted by molar-refractivity contribution is 6.83. The number of nitrogens with one attached hydrogen (secondary N) is 1. The van der Waals surface area contributed by atoms with Crippen molar-refractivity contribution in [1.29, 1.82) is 5.26 Å². The molecule has 1 aromatic heterocycles. The molecule has 2 aromatic carbocycles. The van der Waals surface area contributed by atoms with Gasteiger partial charge in [-0.1, -0.05) is 45.5 Å². The van der Waals surface area contributed by atoms with Crippen molar-refractivity contribution >= 4 is 30.4 Å². The standard InChI is InChI=1S/C31H36N4OSi/c1-31(2)25-18-27(35-13-10-22(11-14-35)34(3)4)21(19-32)17-24(25)29(36)28-23-9-8-20(12-15-37(5,6)7)16-26(23)33-30(28)31/h8-9,16-18,22,33H,10-11,13-14H2,1-7H3. The number of rotatable bonds is 2. The molecule has 2 aliphatic rings. The van der Waals surface area contributed by atoms with Gasteiger partial charge in [0.15, 0.2) is 5.78 Å². The van der Waals surface area contributed by atoms with Crippen molar-refractivity contribution in [2.45, 2.75) is 57.8 Å². The Morgan fingerprint density at radius 2 is 1.81 bits per heavy atom. The topological polar surface area (TPSA) is 63.1 Å². The van der Waals surface area contributed by atoms with E-state index in [1.54, 1.807) is 0 Å². The molecular weight excluding hydrogens is 472 g/mol. The van der Waals surface area contributed by atoms with E-state index in [4.69, 9.17) is 0 Å². The molecule has 0 unspecified atom stereocenters. The summed E-state index contributed by atoms with van der Waals surface area (Å²) < 4.78 is 0. The molecule has 0 atom stereocenters. The van der Waals surface area contributed by atoms with E-state index in [2.05, 4.69) is 92.0 Å². The summed E-state index contributed by atoms with van der Waals surface area (Å²) >= 11 is 0. The number of piperidine rings is 1. The number of hydrogen-bond donors (Lipinski definition) is 1. The molecule has 190 valence electrons. The third-order valence-corrected chi connectivity index (χ3v) is 8.82. The van der Waals surface area contributed by atoms with Crippen LogP contribution in [0, 0.1) is 22.8 Å². The Labute approximate surface area is 221 Å². The number of H-pyrrole nitrogens is 1. The number of anilines is 1. The Morgan fingerprint density at radius 1 is 1.11 bits per heavy atom. The fraction of sp³-hybridized carbons (Fsp3) is 0.419. The first kappa shape index (κ1) is 25.3. The second-order valence-electron chi connectivity index (χ2n) is 12.3. The monoisotopic (exact) mass is 508 g/mol. The van der Waals surface area contributed by atoms with Gasteiger partial charge in [-0.2, -0.15) is 5.26 Å². The van der Waals surface area contributed by atoms with Gasteiger partial charge in [-0.3, -0.25) is 4.79 Å². The highest BCUT2D eigenvalue weighted by Gasteiger charge is 2.41. The second-order valence-corrected chi connectivity index (χ2v) is 17.0. The highest BCUT2D eigenvalue weighted by Crippen LogP contribution is 2.45. The molecule has 5 nitrogen and oxygen atoms in total. The second kappa shape index (κ2) is 8.91. The van der Waals surface area contributed by atoms with E-state index >= 15 is 0 Å². The normalized spacial score (nSPS) is 17.3. The lowest BCUT2D eigenvalue weighted by atomic mass is 9.70. The molecule has 1 N–H and O–H groups in total. The van der Waals surface area contributed by atoms with E-state index in [9.17, 15) is 10.1 Å². The fourth-order valence-electron chi connectivity index (χ4n) is 5.78. The zero-order chi connectivity index (χ0) is 26.7. The number of nitriles is 1. The van der Waals surface area contributed by atoms with Gasteiger partial charge in [-0.15, -0.1) is 5.54 Å². The summed E-state index contributed by atoms with van der Waals surface area (Å²) in [4.78, 5) is 22.1. The summed E-state index contributed by atoms with van der Waals surface area (Å²) in [6, 6.07) is 13.0. The maximum absolute atomic E-state index is 13.9. The molecule has 0 amide bonds. The smallest absolute Gasteiger partial charge is 0.195 e. The van der Waals surface area contributed by atoms with Crippen LogP contribution in [0.3, 0.4) is 0 Å². The number of aromatic amines is 1. The molecule has 1 saturated heterocycles. The third kappa shape index (κ3) is 4.39. The first-order chi connectivity index (χ1) is 17.4. The van der Waals surface area contributed by atoms with Crippen molar-refractivity contribution in [1.82, 2.24) is 9.88 Å². The van der Waals surface area contributed by atoms with Crippen molar-refractivity contribution in [2.24, 2.45) is 0 Å². The van der Waals surface area contributed by atoms with E-state index < -0.39 is 13.5 Å². The summed E-state index contributed by atoms with van der Waals surface area (Å²) in [5, 5.41) is 11.0. The summed E-state index contributed by atoms with van der Waals surface area (Å²) in [5.74, 6) is 3.33. The first-order valence-corrected chi connectivity index (χ1v) is 16.6. The van der Waals surface area contributed by atoms with Crippen LogP contribution < -0.4 is 4.90 Å². The van der Waals surface area contributed by atoms with E-state index in [1.165, 1.54) is 0 Å². The molecule has 0 bridgehead atoms. The van der Waals surface area contributed by atoms with Gasteiger partial charge in [0.1, 0.15) is 14.1 Å². The van der Waals surface area contributed by atoms with Crippen molar-refractivity contribution in [3.05, 3.63) is 63.8 Å². The minimum Gasteiger partial charge on any atom is -0.370 e. The Bertz CT molecular complexity index is 1510. The van der Waals surface area contributed by atoms with Crippen LogP contribution in [0.5, 0.6) is 0 Å². The molecule has 1 fully saturated rings. The average molecular weight is 509 g/mol. The molecule has 5 rings (SSSR count). The predicted octanol–water partition coefficient (Wildman–Crippen LogP) is 5.67. The van der Waals surface area contributed by atoms with Gasteiger partial charge in [0.05, 0.1) is 16.8 Å². The van der Waals surface area contributed by atoms with Gasteiger partial charge >= 0.3 is 0 Å². The largest absolute Gasteiger partial charge is 0.370 e. The number of hydrogen-bond acceptors (Lipinski definition) is 4. The predicted molar refractivity (Wildman–Crippen MR) is 154 cm³/mol. The molecule has 0 saturated carbocycles. The van der Waals surface area contributed by atoms with E-state index in [0.29, 0.717) is 17.2 Å². The average Bonchev–Trinajstić information content (AvgIpc) is 3.25. The molecule has 6 heteroatoms. The lowest BCUT2D eigenvalue weighted by molar-refractivity contribution is 0.103. The minimum absolute atomic E-state index is 0.00845.